The molecule has 3 rings (SSSR count). The quantitative estimate of drug-likeness (QED) is 0.646. The van der Waals surface area contributed by atoms with Gasteiger partial charge in [0.25, 0.3) is 0 Å². The number of methoxy groups -OCH3 is 1. The van der Waals surface area contributed by atoms with Gasteiger partial charge >= 0.3 is 6.16 Å². The van der Waals surface area contributed by atoms with E-state index in [9.17, 15) is 4.79 Å². The minimum absolute atomic E-state index is 0.151. The number of pyridine rings is 1. The summed E-state index contributed by atoms with van der Waals surface area (Å²) in [5.74, 6) is -0.606. The Balaban J connectivity index is 1.81. The molecule has 29 heavy (non-hydrogen) atoms. The van der Waals surface area contributed by atoms with Crippen molar-refractivity contribution < 1.29 is 28.5 Å². The van der Waals surface area contributed by atoms with E-state index in [4.69, 9.17) is 30.5 Å². The number of carbonyl (C=O) groups is 1. The Bertz CT molecular complexity index is 878. The van der Waals surface area contributed by atoms with Gasteiger partial charge in [0.2, 0.25) is 5.79 Å². The van der Waals surface area contributed by atoms with Gasteiger partial charge in [0, 0.05) is 33.1 Å². The van der Waals surface area contributed by atoms with Gasteiger partial charge in [-0.2, -0.15) is 0 Å². The monoisotopic (exact) mass is 421 g/mol. The lowest BCUT2D eigenvalue weighted by Gasteiger charge is -2.28. The lowest BCUT2D eigenvalue weighted by Crippen LogP contribution is -2.33. The molecule has 2 heterocycles. The first-order valence-electron chi connectivity index (χ1n) is 9.20. The predicted molar refractivity (Wildman–Crippen MR) is 106 cm³/mol. The average molecular weight is 422 g/mol. The second kappa shape index (κ2) is 9.09. The summed E-state index contributed by atoms with van der Waals surface area (Å²) >= 11 is 5.99. The third-order valence-electron chi connectivity index (χ3n) is 4.86. The van der Waals surface area contributed by atoms with Gasteiger partial charge in [-0.1, -0.05) is 23.7 Å². The molecule has 0 unspecified atom stereocenters. The van der Waals surface area contributed by atoms with Gasteiger partial charge in [0.1, 0.15) is 12.4 Å². The Morgan fingerprint density at radius 3 is 2.41 bits per heavy atom. The molecule has 0 radical (unpaired) electrons. The molecule has 0 amide bonds. The van der Waals surface area contributed by atoms with Crippen LogP contribution in [0.2, 0.25) is 5.02 Å². The van der Waals surface area contributed by atoms with Crippen LogP contribution < -0.4 is 4.74 Å². The maximum absolute atomic E-state index is 11.7. The highest BCUT2D eigenvalue weighted by molar-refractivity contribution is 6.30. The lowest BCUT2D eigenvalue weighted by molar-refractivity contribution is -0.204. The fourth-order valence-electron chi connectivity index (χ4n) is 3.17. The number of nitrogens with zero attached hydrogens (tertiary/aromatic N) is 1. The molecule has 1 saturated heterocycles. The summed E-state index contributed by atoms with van der Waals surface area (Å²) in [5.41, 5.74) is 3.72. The number of halogens is 1. The first-order chi connectivity index (χ1) is 13.9. The average Bonchev–Trinajstić information content (AvgIpc) is 3.18. The fourth-order valence-corrected chi connectivity index (χ4v) is 3.30. The number of aromatic nitrogens is 1. The summed E-state index contributed by atoms with van der Waals surface area (Å²) in [4.78, 5) is 16.2. The van der Waals surface area contributed by atoms with E-state index in [1.165, 1.54) is 7.11 Å². The summed E-state index contributed by atoms with van der Waals surface area (Å²) in [5, 5.41) is 0.629. The highest BCUT2D eigenvalue weighted by Crippen LogP contribution is 2.34. The number of benzene rings is 1. The zero-order valence-corrected chi connectivity index (χ0v) is 17.7. The Kier molecular flexibility index (Phi) is 6.74. The van der Waals surface area contributed by atoms with Crippen LogP contribution in [0.4, 0.5) is 4.79 Å². The fraction of sp³-hybridized carbons (Fsp3) is 0.429. The van der Waals surface area contributed by atoms with Gasteiger partial charge in [0.15, 0.2) is 0 Å². The number of carbonyl (C=O) groups excluding carboxylic acids is 1. The molecule has 1 aliphatic rings. The van der Waals surface area contributed by atoms with E-state index < -0.39 is 11.9 Å². The zero-order valence-electron chi connectivity index (χ0n) is 16.9. The molecule has 7 nitrogen and oxygen atoms in total. The SMILES string of the molecule is COC(=O)Oc1c(C)c(C)nc(C)c1COCC1(c2ccc(Cl)cc2)OCCO1. The van der Waals surface area contributed by atoms with E-state index in [2.05, 4.69) is 9.72 Å². The number of hydrogen-bond acceptors (Lipinski definition) is 7. The van der Waals surface area contributed by atoms with Crippen LogP contribution in [0.1, 0.15) is 28.1 Å². The molecule has 1 fully saturated rings. The smallest absolute Gasteiger partial charge is 0.437 e. The van der Waals surface area contributed by atoms with Crippen molar-refractivity contribution in [2.75, 3.05) is 26.9 Å². The normalized spacial score (nSPS) is 15.3. The van der Waals surface area contributed by atoms with Crippen LogP contribution in [0.3, 0.4) is 0 Å². The molecule has 156 valence electrons. The van der Waals surface area contributed by atoms with E-state index in [1.807, 2.05) is 32.9 Å². The maximum atomic E-state index is 11.7. The molecule has 1 aromatic heterocycles. The predicted octanol–water partition coefficient (Wildman–Crippen LogP) is 4.22. The second-order valence-corrected chi connectivity index (χ2v) is 7.16. The van der Waals surface area contributed by atoms with E-state index >= 15 is 0 Å². The molecule has 1 aliphatic heterocycles. The summed E-state index contributed by atoms with van der Waals surface area (Å²) in [6, 6.07) is 7.27. The standard InChI is InChI=1S/C21H24ClNO6/c1-13-14(2)23-15(3)18(19(13)29-20(24)25-4)11-26-12-21(27-9-10-28-21)16-5-7-17(22)8-6-16/h5-8H,9-12H2,1-4H3. The minimum Gasteiger partial charge on any atom is -0.437 e. The van der Waals surface area contributed by atoms with Crippen LogP contribution in [0.25, 0.3) is 0 Å². The highest BCUT2D eigenvalue weighted by atomic mass is 35.5. The van der Waals surface area contributed by atoms with Crippen molar-refractivity contribution in [3.05, 3.63) is 57.4 Å². The van der Waals surface area contributed by atoms with Gasteiger partial charge < -0.3 is 23.7 Å². The van der Waals surface area contributed by atoms with Gasteiger partial charge in [-0.15, -0.1) is 0 Å². The summed E-state index contributed by atoms with van der Waals surface area (Å²) in [6.45, 7) is 6.77. The third kappa shape index (κ3) is 4.70. The molecule has 8 heteroatoms. The van der Waals surface area contributed by atoms with E-state index in [1.54, 1.807) is 12.1 Å². The van der Waals surface area contributed by atoms with Crippen molar-refractivity contribution in [2.24, 2.45) is 0 Å². The minimum atomic E-state index is -1.00. The number of ether oxygens (including phenoxy) is 5. The molecule has 2 aromatic rings. The largest absolute Gasteiger partial charge is 0.513 e. The summed E-state index contributed by atoms with van der Waals surface area (Å²) in [7, 11) is 1.26. The van der Waals surface area contributed by atoms with E-state index in [0.29, 0.717) is 35.2 Å². The molecular weight excluding hydrogens is 398 g/mol. The van der Waals surface area contributed by atoms with Crippen molar-refractivity contribution in [1.29, 1.82) is 0 Å². The number of aryl methyl sites for hydroxylation is 2. The number of rotatable bonds is 6. The maximum Gasteiger partial charge on any atom is 0.513 e. The van der Waals surface area contributed by atoms with Crippen molar-refractivity contribution in [3.63, 3.8) is 0 Å². The first kappa shape index (κ1) is 21.5. The Morgan fingerprint density at radius 1 is 1.14 bits per heavy atom. The highest BCUT2D eigenvalue weighted by Gasteiger charge is 2.39. The van der Waals surface area contributed by atoms with Crippen molar-refractivity contribution in [1.82, 2.24) is 4.98 Å². The number of hydrogen-bond donors (Lipinski definition) is 0. The molecule has 1 aromatic carbocycles. The van der Waals surface area contributed by atoms with E-state index in [-0.39, 0.29) is 13.2 Å². The third-order valence-corrected chi connectivity index (χ3v) is 5.11. The topological polar surface area (TPSA) is 76.1 Å². The molecule has 0 aliphatic carbocycles. The van der Waals surface area contributed by atoms with Crippen LogP contribution >= 0.6 is 11.6 Å². The van der Waals surface area contributed by atoms with Gasteiger partial charge in [-0.3, -0.25) is 4.98 Å². The first-order valence-corrected chi connectivity index (χ1v) is 9.58. The van der Waals surface area contributed by atoms with E-state index in [0.717, 1.165) is 16.8 Å². The molecule has 0 spiro atoms. The molecule has 0 saturated carbocycles. The van der Waals surface area contributed by atoms with Gasteiger partial charge in [-0.05, 0) is 32.9 Å². The molecule has 0 bridgehead atoms. The van der Waals surface area contributed by atoms with Crippen molar-refractivity contribution in [2.45, 2.75) is 33.2 Å². The molecule has 0 atom stereocenters. The van der Waals surface area contributed by atoms with Gasteiger partial charge in [0.05, 0.1) is 26.9 Å². The summed E-state index contributed by atoms with van der Waals surface area (Å²) in [6.07, 6.45) is -0.792. The summed E-state index contributed by atoms with van der Waals surface area (Å²) < 4.78 is 27.7. The van der Waals surface area contributed by atoms with Crippen LogP contribution in [0.5, 0.6) is 5.75 Å². The van der Waals surface area contributed by atoms with Crippen molar-refractivity contribution in [3.8, 4) is 5.75 Å². The van der Waals surface area contributed by atoms with Crippen molar-refractivity contribution >= 4 is 17.8 Å². The zero-order chi connectivity index (χ0) is 21.0. The lowest BCUT2D eigenvalue weighted by atomic mass is 10.1. The Morgan fingerprint density at radius 2 is 1.79 bits per heavy atom. The van der Waals surface area contributed by atoms with Crippen LogP contribution in [0.15, 0.2) is 24.3 Å². The molecule has 0 N–H and O–H groups in total. The Hall–Kier alpha value is -2.19. The second-order valence-electron chi connectivity index (χ2n) is 6.72. The van der Waals surface area contributed by atoms with Crippen LogP contribution in [-0.4, -0.2) is 38.1 Å². The van der Waals surface area contributed by atoms with Gasteiger partial charge in [-0.25, -0.2) is 4.79 Å². The van der Waals surface area contributed by atoms with Crippen LogP contribution in [0, 0.1) is 20.8 Å². The Labute approximate surface area is 174 Å². The molecular formula is C21H24ClNO6. The van der Waals surface area contributed by atoms with Crippen LogP contribution in [-0.2, 0) is 31.3 Å².